The molecular formula is C16H26O. The molecule has 96 valence electrons. The Bertz CT molecular complexity index is 339. The van der Waals surface area contributed by atoms with Gasteiger partial charge in [0.2, 0.25) is 0 Å². The highest BCUT2D eigenvalue weighted by Crippen LogP contribution is 2.27. The van der Waals surface area contributed by atoms with Crippen molar-refractivity contribution in [1.82, 2.24) is 0 Å². The van der Waals surface area contributed by atoms with E-state index in [4.69, 9.17) is 0 Å². The quantitative estimate of drug-likeness (QED) is 0.836. The highest BCUT2D eigenvalue weighted by molar-refractivity contribution is 5.28. The van der Waals surface area contributed by atoms with Crippen molar-refractivity contribution >= 4 is 0 Å². The van der Waals surface area contributed by atoms with Gasteiger partial charge in [-0.05, 0) is 34.8 Å². The van der Waals surface area contributed by atoms with Crippen LogP contribution in [0, 0.1) is 5.41 Å². The molecule has 0 amide bonds. The van der Waals surface area contributed by atoms with Crippen molar-refractivity contribution in [3.8, 4) is 0 Å². The Balaban J connectivity index is 2.82. The predicted octanol–water partition coefficient (Wildman–Crippen LogP) is 3.94. The molecule has 0 radical (unpaired) electrons. The average Bonchev–Trinajstić information content (AvgIpc) is 2.28. The third-order valence-corrected chi connectivity index (χ3v) is 3.69. The SMILES string of the molecule is CCC(C)(CO)Cc1ccc(C(C)(C)C)cc1. The first kappa shape index (κ1) is 14.2. The van der Waals surface area contributed by atoms with Gasteiger partial charge in [-0.1, -0.05) is 58.9 Å². The number of aliphatic hydroxyl groups is 1. The van der Waals surface area contributed by atoms with Crippen LogP contribution in [0.3, 0.4) is 0 Å². The smallest absolute Gasteiger partial charge is 0.0487 e. The molecule has 0 bridgehead atoms. The summed E-state index contributed by atoms with van der Waals surface area (Å²) in [6.07, 6.45) is 1.95. The van der Waals surface area contributed by atoms with Gasteiger partial charge < -0.3 is 5.11 Å². The molecule has 1 aromatic carbocycles. The number of rotatable bonds is 4. The Labute approximate surface area is 106 Å². The predicted molar refractivity (Wildman–Crippen MR) is 74.3 cm³/mol. The van der Waals surface area contributed by atoms with E-state index in [2.05, 4.69) is 58.9 Å². The highest BCUT2D eigenvalue weighted by Gasteiger charge is 2.21. The van der Waals surface area contributed by atoms with Gasteiger partial charge in [0, 0.05) is 6.61 Å². The second-order valence-corrected chi connectivity index (χ2v) is 6.45. The van der Waals surface area contributed by atoms with Gasteiger partial charge in [0.15, 0.2) is 0 Å². The lowest BCUT2D eigenvalue weighted by atomic mass is 9.81. The van der Waals surface area contributed by atoms with Crippen molar-refractivity contribution in [2.45, 2.75) is 52.9 Å². The summed E-state index contributed by atoms with van der Waals surface area (Å²) in [7, 11) is 0. The lowest BCUT2D eigenvalue weighted by molar-refractivity contribution is 0.137. The van der Waals surface area contributed by atoms with E-state index in [0.29, 0.717) is 0 Å². The highest BCUT2D eigenvalue weighted by atomic mass is 16.3. The van der Waals surface area contributed by atoms with E-state index in [0.717, 1.165) is 12.8 Å². The van der Waals surface area contributed by atoms with Crippen molar-refractivity contribution in [2.24, 2.45) is 5.41 Å². The minimum atomic E-state index is 0.0171. The Kier molecular flexibility index (Phi) is 4.37. The van der Waals surface area contributed by atoms with E-state index in [1.807, 2.05) is 0 Å². The van der Waals surface area contributed by atoms with Crippen LogP contribution in [0.25, 0.3) is 0 Å². The fourth-order valence-corrected chi connectivity index (χ4v) is 1.91. The summed E-state index contributed by atoms with van der Waals surface area (Å²) in [4.78, 5) is 0. The third-order valence-electron chi connectivity index (χ3n) is 3.69. The van der Waals surface area contributed by atoms with E-state index in [1.165, 1.54) is 11.1 Å². The van der Waals surface area contributed by atoms with Crippen molar-refractivity contribution in [3.63, 3.8) is 0 Å². The lowest BCUT2D eigenvalue weighted by Crippen LogP contribution is -2.23. The molecule has 0 saturated heterocycles. The molecule has 1 nitrogen and oxygen atoms in total. The van der Waals surface area contributed by atoms with Crippen molar-refractivity contribution < 1.29 is 5.11 Å². The number of aliphatic hydroxyl groups excluding tert-OH is 1. The Morgan fingerprint density at radius 1 is 1.00 bits per heavy atom. The maximum atomic E-state index is 9.43. The molecule has 1 atom stereocenters. The zero-order valence-corrected chi connectivity index (χ0v) is 11.9. The Morgan fingerprint density at radius 2 is 1.53 bits per heavy atom. The van der Waals surface area contributed by atoms with Crippen LogP contribution in [-0.4, -0.2) is 11.7 Å². The lowest BCUT2D eigenvalue weighted by Gasteiger charge is -2.26. The molecule has 0 spiro atoms. The summed E-state index contributed by atoms with van der Waals surface area (Å²) in [5.74, 6) is 0. The molecule has 0 heterocycles. The first-order valence-electron chi connectivity index (χ1n) is 6.51. The van der Waals surface area contributed by atoms with Crippen molar-refractivity contribution in [3.05, 3.63) is 35.4 Å². The molecule has 1 rings (SSSR count). The normalized spacial score (nSPS) is 15.6. The summed E-state index contributed by atoms with van der Waals surface area (Å²) in [6.45, 7) is 11.2. The summed E-state index contributed by atoms with van der Waals surface area (Å²) in [5, 5.41) is 9.43. The topological polar surface area (TPSA) is 20.2 Å². The Morgan fingerprint density at radius 3 is 1.88 bits per heavy atom. The van der Waals surface area contributed by atoms with Gasteiger partial charge in [-0.3, -0.25) is 0 Å². The van der Waals surface area contributed by atoms with E-state index in [-0.39, 0.29) is 17.4 Å². The fourth-order valence-electron chi connectivity index (χ4n) is 1.91. The van der Waals surface area contributed by atoms with Crippen molar-refractivity contribution in [1.29, 1.82) is 0 Å². The Hall–Kier alpha value is -0.820. The second-order valence-electron chi connectivity index (χ2n) is 6.45. The van der Waals surface area contributed by atoms with Gasteiger partial charge in [0.1, 0.15) is 0 Å². The van der Waals surface area contributed by atoms with E-state index in [9.17, 15) is 5.11 Å². The van der Waals surface area contributed by atoms with E-state index >= 15 is 0 Å². The first-order valence-corrected chi connectivity index (χ1v) is 6.51. The fraction of sp³-hybridized carbons (Fsp3) is 0.625. The van der Waals surface area contributed by atoms with Crippen LogP contribution < -0.4 is 0 Å². The van der Waals surface area contributed by atoms with Gasteiger partial charge in [-0.15, -0.1) is 0 Å². The van der Waals surface area contributed by atoms with Crippen LogP contribution in [0.5, 0.6) is 0 Å². The van der Waals surface area contributed by atoms with Gasteiger partial charge >= 0.3 is 0 Å². The molecule has 0 aliphatic rings. The van der Waals surface area contributed by atoms with Crippen LogP contribution in [0.2, 0.25) is 0 Å². The molecule has 0 fully saturated rings. The average molecular weight is 234 g/mol. The van der Waals surface area contributed by atoms with Gasteiger partial charge in [0.05, 0.1) is 0 Å². The number of hydrogen-bond donors (Lipinski definition) is 1. The van der Waals surface area contributed by atoms with Crippen LogP contribution in [0.1, 0.15) is 52.2 Å². The molecule has 1 heteroatoms. The summed E-state index contributed by atoms with van der Waals surface area (Å²) in [5.41, 5.74) is 2.91. The standard InChI is InChI=1S/C16H26O/c1-6-16(5,12-17)11-13-7-9-14(10-8-13)15(2,3)4/h7-10,17H,6,11-12H2,1-5H3. The minimum absolute atomic E-state index is 0.0171. The molecule has 17 heavy (non-hydrogen) atoms. The molecular weight excluding hydrogens is 208 g/mol. The van der Waals surface area contributed by atoms with E-state index < -0.39 is 0 Å². The van der Waals surface area contributed by atoms with Gasteiger partial charge in [0.25, 0.3) is 0 Å². The molecule has 0 aliphatic heterocycles. The maximum Gasteiger partial charge on any atom is 0.0487 e. The molecule has 1 aromatic rings. The zero-order valence-electron chi connectivity index (χ0n) is 11.9. The molecule has 1 N–H and O–H groups in total. The zero-order chi connectivity index (χ0) is 13.1. The minimum Gasteiger partial charge on any atom is -0.396 e. The van der Waals surface area contributed by atoms with Gasteiger partial charge in [-0.25, -0.2) is 0 Å². The summed E-state index contributed by atoms with van der Waals surface area (Å²) < 4.78 is 0. The molecule has 0 saturated carbocycles. The largest absolute Gasteiger partial charge is 0.396 e. The van der Waals surface area contributed by atoms with Crippen LogP contribution in [-0.2, 0) is 11.8 Å². The summed E-state index contributed by atoms with van der Waals surface area (Å²) in [6, 6.07) is 8.82. The summed E-state index contributed by atoms with van der Waals surface area (Å²) >= 11 is 0. The number of hydrogen-bond acceptors (Lipinski definition) is 1. The van der Waals surface area contributed by atoms with Crippen LogP contribution >= 0.6 is 0 Å². The maximum absolute atomic E-state index is 9.43. The molecule has 0 aromatic heterocycles. The third kappa shape index (κ3) is 3.85. The van der Waals surface area contributed by atoms with Crippen LogP contribution in [0.15, 0.2) is 24.3 Å². The van der Waals surface area contributed by atoms with Crippen molar-refractivity contribution in [2.75, 3.05) is 6.61 Å². The number of benzene rings is 1. The second kappa shape index (κ2) is 5.22. The van der Waals surface area contributed by atoms with E-state index in [1.54, 1.807) is 0 Å². The monoisotopic (exact) mass is 234 g/mol. The first-order chi connectivity index (χ1) is 7.80. The molecule has 0 aliphatic carbocycles. The van der Waals surface area contributed by atoms with Crippen LogP contribution in [0.4, 0.5) is 0 Å². The van der Waals surface area contributed by atoms with Gasteiger partial charge in [-0.2, -0.15) is 0 Å². The molecule has 1 unspecified atom stereocenters.